The van der Waals surface area contributed by atoms with Gasteiger partial charge < -0.3 is 4.84 Å². The highest BCUT2D eigenvalue weighted by Gasteiger charge is 2.07. The van der Waals surface area contributed by atoms with E-state index in [1.807, 2.05) is 0 Å². The molecular weight excluding hydrogens is 311 g/mol. The lowest BCUT2D eigenvalue weighted by Gasteiger charge is -2.05. The first-order valence-corrected chi connectivity index (χ1v) is 8.29. The number of rotatable bonds is 2. The molecule has 21 heavy (non-hydrogen) atoms. The maximum Gasteiger partial charge on any atom is 0.351 e. The summed E-state index contributed by atoms with van der Waals surface area (Å²) in [5.41, 5.74) is 1.06. The van der Waals surface area contributed by atoms with E-state index in [0.717, 1.165) is 31.4 Å². The molecule has 0 spiro atoms. The van der Waals surface area contributed by atoms with Crippen LogP contribution in [0.1, 0.15) is 64.2 Å². The van der Waals surface area contributed by atoms with Crippen LogP contribution in [0, 0.1) is 0 Å². The number of aromatic nitrogens is 3. The monoisotopic (exact) mass is 330 g/mol. The Kier molecular flexibility index (Phi) is 7.16. The number of nitrogens with zero attached hydrogens (tertiary/aromatic N) is 4. The van der Waals surface area contributed by atoms with Gasteiger partial charge in [0.05, 0.1) is 5.71 Å². The van der Waals surface area contributed by atoms with Crippen LogP contribution in [-0.2, 0) is 0 Å². The smallest absolute Gasteiger partial charge is 0.315 e. The molecule has 0 aromatic carbocycles. The molecule has 1 heterocycles. The molecule has 0 N–H and O–H groups in total. The molecule has 1 saturated carbocycles. The number of halogens is 2. The quantitative estimate of drug-likeness (QED) is 0.728. The fourth-order valence-corrected chi connectivity index (χ4v) is 2.74. The number of oxime groups is 1. The summed E-state index contributed by atoms with van der Waals surface area (Å²) < 4.78 is 0. The van der Waals surface area contributed by atoms with E-state index >= 15 is 0 Å². The average molecular weight is 331 g/mol. The lowest BCUT2D eigenvalue weighted by molar-refractivity contribution is 0.308. The van der Waals surface area contributed by atoms with Gasteiger partial charge in [-0.05, 0) is 48.9 Å². The average Bonchev–Trinajstić information content (AvgIpc) is 2.49. The van der Waals surface area contributed by atoms with Gasteiger partial charge in [-0.25, -0.2) is 0 Å². The predicted octanol–water partition coefficient (Wildman–Crippen LogP) is 4.83. The summed E-state index contributed by atoms with van der Waals surface area (Å²) in [5, 5.41) is 4.20. The fourth-order valence-electron chi connectivity index (χ4n) is 2.39. The summed E-state index contributed by atoms with van der Waals surface area (Å²) in [6.07, 6.45) is 12.1. The summed E-state index contributed by atoms with van der Waals surface area (Å²) >= 11 is 11.4. The van der Waals surface area contributed by atoms with Crippen molar-refractivity contribution in [3.05, 3.63) is 10.6 Å². The highest BCUT2D eigenvalue weighted by Crippen LogP contribution is 2.16. The van der Waals surface area contributed by atoms with Crippen LogP contribution in [0.2, 0.25) is 10.6 Å². The minimum atomic E-state index is 0.00708. The van der Waals surface area contributed by atoms with Crippen LogP contribution < -0.4 is 4.84 Å². The van der Waals surface area contributed by atoms with Crippen LogP contribution in [0.25, 0.3) is 0 Å². The zero-order valence-electron chi connectivity index (χ0n) is 12.0. The van der Waals surface area contributed by atoms with Gasteiger partial charge in [-0.1, -0.05) is 43.7 Å². The van der Waals surface area contributed by atoms with E-state index in [1.165, 1.54) is 38.5 Å². The second-order valence-corrected chi connectivity index (χ2v) is 5.91. The van der Waals surface area contributed by atoms with Crippen LogP contribution in [0.15, 0.2) is 5.16 Å². The highest BCUT2D eigenvalue weighted by molar-refractivity contribution is 6.31. The Bertz CT molecular complexity index is 448. The van der Waals surface area contributed by atoms with Crippen LogP contribution in [0.5, 0.6) is 6.01 Å². The first-order valence-electron chi connectivity index (χ1n) is 7.54. The molecule has 7 heteroatoms. The minimum absolute atomic E-state index is 0.00708. The van der Waals surface area contributed by atoms with E-state index < -0.39 is 0 Å². The third kappa shape index (κ3) is 6.57. The number of hydrogen-bond acceptors (Lipinski definition) is 5. The Hall–Kier alpha value is -0.940. The lowest BCUT2D eigenvalue weighted by atomic mass is 10.1. The molecule has 1 aromatic rings. The van der Waals surface area contributed by atoms with Gasteiger partial charge in [-0.3, -0.25) is 0 Å². The van der Waals surface area contributed by atoms with E-state index in [-0.39, 0.29) is 16.6 Å². The Morgan fingerprint density at radius 3 is 1.71 bits per heavy atom. The van der Waals surface area contributed by atoms with Gasteiger partial charge in [0.2, 0.25) is 10.6 Å². The highest BCUT2D eigenvalue weighted by atomic mass is 35.5. The van der Waals surface area contributed by atoms with Crippen LogP contribution in [-0.4, -0.2) is 20.7 Å². The van der Waals surface area contributed by atoms with Crippen molar-refractivity contribution < 1.29 is 4.84 Å². The molecule has 1 aromatic heterocycles. The van der Waals surface area contributed by atoms with Gasteiger partial charge >= 0.3 is 6.01 Å². The molecule has 0 aliphatic heterocycles. The second kappa shape index (κ2) is 9.15. The lowest BCUT2D eigenvalue weighted by Crippen LogP contribution is -2.03. The fraction of sp³-hybridized carbons (Fsp3) is 0.714. The zero-order chi connectivity index (χ0) is 14.9. The summed E-state index contributed by atoms with van der Waals surface area (Å²) in [7, 11) is 0. The normalized spacial score (nSPS) is 17.9. The maximum atomic E-state index is 5.70. The summed E-state index contributed by atoms with van der Waals surface area (Å²) in [6, 6.07) is 0.0433. The number of hydrogen-bond donors (Lipinski definition) is 0. The third-order valence-electron chi connectivity index (χ3n) is 3.50. The largest absolute Gasteiger partial charge is 0.351 e. The Balaban J connectivity index is 1.95. The van der Waals surface area contributed by atoms with Crippen LogP contribution in [0.4, 0.5) is 0 Å². The Labute approximate surface area is 135 Å². The van der Waals surface area contributed by atoms with Crippen molar-refractivity contribution in [3.63, 3.8) is 0 Å². The molecule has 0 atom stereocenters. The standard InChI is InChI=1S/C14H20Cl2N4O/c15-12-17-13(16)19-14(18-12)21-20-11-9-7-5-3-1-2-4-6-8-10-11/h1-10H2. The van der Waals surface area contributed by atoms with E-state index in [4.69, 9.17) is 28.0 Å². The molecule has 1 aliphatic carbocycles. The molecule has 1 aliphatic rings. The molecule has 1 fully saturated rings. The van der Waals surface area contributed by atoms with Crippen molar-refractivity contribution >= 4 is 28.9 Å². The van der Waals surface area contributed by atoms with Crippen molar-refractivity contribution in [2.24, 2.45) is 5.16 Å². The van der Waals surface area contributed by atoms with Crippen LogP contribution in [0.3, 0.4) is 0 Å². The molecule has 0 bridgehead atoms. The molecule has 0 unspecified atom stereocenters. The molecule has 116 valence electrons. The third-order valence-corrected chi connectivity index (χ3v) is 3.84. The first-order chi connectivity index (χ1) is 10.2. The molecule has 5 nitrogen and oxygen atoms in total. The predicted molar refractivity (Wildman–Crippen MR) is 84.1 cm³/mol. The van der Waals surface area contributed by atoms with Crippen molar-refractivity contribution in [1.29, 1.82) is 0 Å². The molecule has 0 radical (unpaired) electrons. The van der Waals surface area contributed by atoms with Crippen molar-refractivity contribution in [2.45, 2.75) is 64.2 Å². The minimum Gasteiger partial charge on any atom is -0.315 e. The van der Waals surface area contributed by atoms with Gasteiger partial charge in [0.15, 0.2) is 0 Å². The van der Waals surface area contributed by atoms with Crippen LogP contribution >= 0.6 is 23.2 Å². The van der Waals surface area contributed by atoms with Crippen molar-refractivity contribution in [1.82, 2.24) is 15.0 Å². The van der Waals surface area contributed by atoms with Crippen molar-refractivity contribution in [3.8, 4) is 6.01 Å². The second-order valence-electron chi connectivity index (χ2n) is 5.23. The summed E-state index contributed by atoms with van der Waals surface area (Å²) in [4.78, 5) is 16.6. The SMILES string of the molecule is Clc1nc(Cl)nc(ON=C2CCCCCCCCCC2)n1. The van der Waals surface area contributed by atoms with Gasteiger partial charge in [-0.15, -0.1) is 0 Å². The molecular formula is C14H20Cl2N4O. The van der Waals surface area contributed by atoms with E-state index in [1.54, 1.807) is 0 Å². The van der Waals surface area contributed by atoms with Gasteiger partial charge in [0, 0.05) is 0 Å². The summed E-state index contributed by atoms with van der Waals surface area (Å²) in [6.45, 7) is 0. The molecule has 2 rings (SSSR count). The topological polar surface area (TPSA) is 60.3 Å². The Morgan fingerprint density at radius 1 is 0.714 bits per heavy atom. The first kappa shape index (κ1) is 16.4. The Morgan fingerprint density at radius 2 is 1.19 bits per heavy atom. The molecule has 0 amide bonds. The molecule has 0 saturated heterocycles. The van der Waals surface area contributed by atoms with E-state index in [2.05, 4.69) is 20.1 Å². The zero-order valence-corrected chi connectivity index (χ0v) is 13.5. The maximum absolute atomic E-state index is 5.70. The van der Waals surface area contributed by atoms with Gasteiger partial charge in [0.1, 0.15) is 0 Å². The van der Waals surface area contributed by atoms with Gasteiger partial charge in [-0.2, -0.15) is 15.0 Å². The van der Waals surface area contributed by atoms with Gasteiger partial charge in [0.25, 0.3) is 0 Å². The van der Waals surface area contributed by atoms with E-state index in [0.29, 0.717) is 0 Å². The summed E-state index contributed by atoms with van der Waals surface area (Å²) in [5.74, 6) is 0. The van der Waals surface area contributed by atoms with Crippen molar-refractivity contribution in [2.75, 3.05) is 0 Å². The van der Waals surface area contributed by atoms with E-state index in [9.17, 15) is 0 Å².